The van der Waals surface area contributed by atoms with Crippen LogP contribution in [0.4, 0.5) is 5.69 Å². The van der Waals surface area contributed by atoms with Gasteiger partial charge in [-0.15, -0.1) is 11.8 Å². The lowest BCUT2D eigenvalue weighted by Crippen LogP contribution is -2.25. The molecule has 8 heteroatoms. The Labute approximate surface area is 171 Å². The standard InChI is InChI=1S/C20H26N2O4S2/c1-2-3-12-21-28(24,25)19-11-7-8-17(15-19)22-20(23)16-27-14-13-26-18-9-5-4-6-10-18/h4-11,15,21H,2-3,12-14,16H2,1H3,(H,22,23). The van der Waals surface area contributed by atoms with Crippen molar-refractivity contribution in [2.45, 2.75) is 24.7 Å². The predicted molar refractivity (Wildman–Crippen MR) is 114 cm³/mol. The minimum atomic E-state index is -3.56. The molecule has 0 aliphatic rings. The minimum Gasteiger partial charge on any atom is -0.493 e. The molecule has 0 aliphatic heterocycles. The summed E-state index contributed by atoms with van der Waals surface area (Å²) in [4.78, 5) is 12.2. The van der Waals surface area contributed by atoms with E-state index in [0.29, 0.717) is 24.6 Å². The summed E-state index contributed by atoms with van der Waals surface area (Å²) in [6.45, 7) is 2.91. The van der Waals surface area contributed by atoms with Gasteiger partial charge in [-0.1, -0.05) is 37.6 Å². The smallest absolute Gasteiger partial charge is 0.240 e. The summed E-state index contributed by atoms with van der Waals surface area (Å²) in [6.07, 6.45) is 1.69. The van der Waals surface area contributed by atoms with Gasteiger partial charge >= 0.3 is 0 Å². The fourth-order valence-electron chi connectivity index (χ4n) is 2.30. The van der Waals surface area contributed by atoms with Crippen LogP contribution in [-0.2, 0) is 14.8 Å². The van der Waals surface area contributed by atoms with Crippen molar-refractivity contribution in [3.63, 3.8) is 0 Å². The van der Waals surface area contributed by atoms with Gasteiger partial charge in [-0.2, -0.15) is 0 Å². The van der Waals surface area contributed by atoms with Gasteiger partial charge < -0.3 is 10.1 Å². The van der Waals surface area contributed by atoms with Crippen LogP contribution >= 0.6 is 11.8 Å². The van der Waals surface area contributed by atoms with Gasteiger partial charge in [0.2, 0.25) is 15.9 Å². The van der Waals surface area contributed by atoms with Crippen molar-refractivity contribution in [1.29, 1.82) is 0 Å². The largest absolute Gasteiger partial charge is 0.493 e. The summed E-state index contributed by atoms with van der Waals surface area (Å²) in [5.74, 6) is 1.57. The summed E-state index contributed by atoms with van der Waals surface area (Å²) in [7, 11) is -3.56. The van der Waals surface area contributed by atoms with Crippen molar-refractivity contribution in [2.75, 3.05) is 30.0 Å². The molecule has 1 amide bonds. The van der Waals surface area contributed by atoms with Crippen LogP contribution in [0, 0.1) is 0 Å². The summed E-state index contributed by atoms with van der Waals surface area (Å²) < 4.78 is 32.7. The Hall–Kier alpha value is -2.03. The molecule has 28 heavy (non-hydrogen) atoms. The maximum atomic E-state index is 12.3. The van der Waals surface area contributed by atoms with Crippen LogP contribution < -0.4 is 14.8 Å². The predicted octanol–water partition coefficient (Wildman–Crippen LogP) is 3.52. The number of sulfonamides is 1. The van der Waals surface area contributed by atoms with Crippen molar-refractivity contribution in [1.82, 2.24) is 4.72 Å². The molecule has 0 aromatic heterocycles. The number of nitrogens with one attached hydrogen (secondary N) is 2. The molecule has 2 aromatic carbocycles. The van der Waals surface area contributed by atoms with Gasteiger partial charge in [0.1, 0.15) is 5.75 Å². The first-order chi connectivity index (χ1) is 13.5. The number of carbonyl (C=O) groups is 1. The summed E-state index contributed by atoms with van der Waals surface area (Å²) in [5, 5.41) is 2.74. The number of thioether (sulfide) groups is 1. The molecule has 0 heterocycles. The highest BCUT2D eigenvalue weighted by Crippen LogP contribution is 2.16. The van der Waals surface area contributed by atoms with Crippen LogP contribution in [-0.4, -0.2) is 39.0 Å². The molecule has 0 saturated heterocycles. The van der Waals surface area contributed by atoms with Gasteiger partial charge in [0.25, 0.3) is 0 Å². The summed E-state index contributed by atoms with van der Waals surface area (Å²) >= 11 is 1.46. The zero-order valence-electron chi connectivity index (χ0n) is 15.9. The lowest BCUT2D eigenvalue weighted by atomic mass is 10.3. The zero-order chi connectivity index (χ0) is 20.2. The molecule has 2 aromatic rings. The lowest BCUT2D eigenvalue weighted by molar-refractivity contribution is -0.113. The van der Waals surface area contributed by atoms with Gasteiger partial charge in [0, 0.05) is 18.0 Å². The minimum absolute atomic E-state index is 0.144. The fraction of sp³-hybridized carbons (Fsp3) is 0.350. The number of para-hydroxylation sites is 1. The van der Waals surface area contributed by atoms with Crippen molar-refractivity contribution < 1.29 is 17.9 Å². The van der Waals surface area contributed by atoms with Crippen LogP contribution in [0.5, 0.6) is 5.75 Å². The van der Waals surface area contributed by atoms with Crippen LogP contribution in [0.3, 0.4) is 0 Å². The number of amides is 1. The van der Waals surface area contributed by atoms with E-state index in [4.69, 9.17) is 4.74 Å². The molecule has 0 bridgehead atoms. The molecule has 0 atom stereocenters. The highest BCUT2D eigenvalue weighted by atomic mass is 32.2. The first-order valence-electron chi connectivity index (χ1n) is 9.16. The number of hydrogen-bond acceptors (Lipinski definition) is 5. The van der Waals surface area contributed by atoms with E-state index in [1.165, 1.54) is 23.9 Å². The normalized spacial score (nSPS) is 11.2. The maximum absolute atomic E-state index is 12.3. The molecule has 2 rings (SSSR count). The van der Waals surface area contributed by atoms with Gasteiger partial charge in [0.05, 0.1) is 17.3 Å². The van der Waals surface area contributed by atoms with Gasteiger partial charge in [-0.05, 0) is 36.8 Å². The number of ether oxygens (including phenoxy) is 1. The zero-order valence-corrected chi connectivity index (χ0v) is 17.5. The first-order valence-corrected chi connectivity index (χ1v) is 11.8. The third kappa shape index (κ3) is 7.92. The Morgan fingerprint density at radius 1 is 1.11 bits per heavy atom. The van der Waals surface area contributed by atoms with Crippen molar-refractivity contribution in [3.8, 4) is 5.75 Å². The number of unbranched alkanes of at least 4 members (excludes halogenated alkanes) is 1. The van der Waals surface area contributed by atoms with Crippen LogP contribution in [0.2, 0.25) is 0 Å². The second-order valence-electron chi connectivity index (χ2n) is 6.04. The molecule has 0 spiro atoms. The third-order valence-electron chi connectivity index (χ3n) is 3.72. The Morgan fingerprint density at radius 2 is 1.89 bits per heavy atom. The second-order valence-corrected chi connectivity index (χ2v) is 8.91. The average Bonchev–Trinajstić information content (AvgIpc) is 2.69. The molecule has 6 nitrogen and oxygen atoms in total. The number of hydrogen-bond donors (Lipinski definition) is 2. The molecular weight excluding hydrogens is 396 g/mol. The van der Waals surface area contributed by atoms with E-state index in [9.17, 15) is 13.2 Å². The number of benzene rings is 2. The average molecular weight is 423 g/mol. The quantitative estimate of drug-likeness (QED) is 0.511. The van der Waals surface area contributed by atoms with E-state index in [0.717, 1.165) is 18.6 Å². The van der Waals surface area contributed by atoms with E-state index in [1.807, 2.05) is 37.3 Å². The lowest BCUT2D eigenvalue weighted by Gasteiger charge is -2.09. The van der Waals surface area contributed by atoms with Crippen molar-refractivity contribution in [2.24, 2.45) is 0 Å². The summed E-state index contributed by atoms with van der Waals surface area (Å²) in [6, 6.07) is 15.8. The monoisotopic (exact) mass is 422 g/mol. The highest BCUT2D eigenvalue weighted by Gasteiger charge is 2.14. The topological polar surface area (TPSA) is 84.5 Å². The Kier molecular flexibility index (Phi) is 9.33. The second kappa shape index (κ2) is 11.7. The van der Waals surface area contributed by atoms with Crippen LogP contribution in [0.15, 0.2) is 59.5 Å². The molecular formula is C20H26N2O4S2. The molecule has 0 aliphatic carbocycles. The molecule has 0 unspecified atom stereocenters. The van der Waals surface area contributed by atoms with E-state index in [-0.39, 0.29) is 16.6 Å². The van der Waals surface area contributed by atoms with Crippen molar-refractivity contribution >= 4 is 33.4 Å². The SMILES string of the molecule is CCCCNS(=O)(=O)c1cccc(NC(=O)CSCCOc2ccccc2)c1. The molecule has 0 radical (unpaired) electrons. The molecule has 152 valence electrons. The first kappa shape index (κ1) is 22.3. The maximum Gasteiger partial charge on any atom is 0.240 e. The molecule has 0 fully saturated rings. The Balaban J connectivity index is 1.75. The third-order valence-corrected chi connectivity index (χ3v) is 6.10. The van der Waals surface area contributed by atoms with Crippen molar-refractivity contribution in [3.05, 3.63) is 54.6 Å². The number of rotatable bonds is 12. The Morgan fingerprint density at radius 3 is 2.64 bits per heavy atom. The van der Waals surface area contributed by atoms with Gasteiger partial charge in [-0.3, -0.25) is 4.79 Å². The van der Waals surface area contributed by atoms with Crippen LogP contribution in [0.25, 0.3) is 0 Å². The van der Waals surface area contributed by atoms with Gasteiger partial charge in [-0.25, -0.2) is 13.1 Å². The van der Waals surface area contributed by atoms with Gasteiger partial charge in [0.15, 0.2) is 0 Å². The Bertz CT molecular complexity index is 842. The van der Waals surface area contributed by atoms with Crippen LogP contribution in [0.1, 0.15) is 19.8 Å². The van der Waals surface area contributed by atoms with E-state index < -0.39 is 10.0 Å². The number of carbonyl (C=O) groups excluding carboxylic acids is 1. The summed E-state index contributed by atoms with van der Waals surface area (Å²) in [5.41, 5.74) is 0.463. The molecule has 2 N–H and O–H groups in total. The number of anilines is 1. The fourth-order valence-corrected chi connectivity index (χ4v) is 4.03. The molecule has 0 saturated carbocycles. The van der Waals surface area contributed by atoms with E-state index in [2.05, 4.69) is 10.0 Å². The van der Waals surface area contributed by atoms with E-state index >= 15 is 0 Å². The van der Waals surface area contributed by atoms with E-state index in [1.54, 1.807) is 12.1 Å². The highest BCUT2D eigenvalue weighted by molar-refractivity contribution is 7.99.